The van der Waals surface area contributed by atoms with E-state index in [9.17, 15) is 9.59 Å². The molecule has 0 bridgehead atoms. The molecule has 2 atom stereocenters. The van der Waals surface area contributed by atoms with Crippen molar-refractivity contribution in [3.63, 3.8) is 0 Å². The third-order valence-corrected chi connectivity index (χ3v) is 3.53. The van der Waals surface area contributed by atoms with E-state index in [1.807, 2.05) is 30.3 Å². The van der Waals surface area contributed by atoms with E-state index in [1.165, 1.54) is 12.4 Å². The third-order valence-electron chi connectivity index (χ3n) is 3.53. The van der Waals surface area contributed by atoms with Gasteiger partial charge >= 0.3 is 5.97 Å². The topological polar surface area (TPSA) is 116 Å². The molecule has 8 heteroatoms. The quantitative estimate of drug-likeness (QED) is 0.648. The number of benzene rings is 1. The van der Waals surface area contributed by atoms with Gasteiger partial charge in [0.2, 0.25) is 0 Å². The van der Waals surface area contributed by atoms with Crippen LogP contribution in [0.1, 0.15) is 39.0 Å². The van der Waals surface area contributed by atoms with Gasteiger partial charge in [-0.15, -0.1) is 0 Å². The van der Waals surface area contributed by atoms with Gasteiger partial charge in [0.25, 0.3) is 5.91 Å². The summed E-state index contributed by atoms with van der Waals surface area (Å²) in [6, 6.07) is 9.88. The van der Waals surface area contributed by atoms with Gasteiger partial charge in [0.1, 0.15) is 0 Å². The number of amides is 1. The highest BCUT2D eigenvalue weighted by Gasteiger charge is 2.28. The van der Waals surface area contributed by atoms with Gasteiger partial charge in [-0.3, -0.25) is 4.79 Å². The van der Waals surface area contributed by atoms with Gasteiger partial charge in [0.05, 0.1) is 6.17 Å². The predicted molar refractivity (Wildman–Crippen MR) is 80.3 cm³/mol. The van der Waals surface area contributed by atoms with Crippen LogP contribution in [0.15, 0.2) is 42.7 Å². The molecule has 0 spiro atoms. The number of carboxylic acids is 1. The molecule has 0 radical (unpaired) electrons. The number of hydrogen-bond donors (Lipinski definition) is 4. The second-order valence-corrected chi connectivity index (χ2v) is 5.07. The van der Waals surface area contributed by atoms with Crippen molar-refractivity contribution in [2.75, 3.05) is 0 Å². The van der Waals surface area contributed by atoms with Crippen LogP contribution in [0.2, 0.25) is 0 Å². The maximum absolute atomic E-state index is 12.2. The van der Waals surface area contributed by atoms with E-state index in [0.717, 1.165) is 5.56 Å². The molecule has 2 heterocycles. The SMILES string of the molecule is O=C(O)c1nccnc1C(=O)NC1CC(c2ccccc2)NN1. The summed E-state index contributed by atoms with van der Waals surface area (Å²) in [4.78, 5) is 30.8. The minimum Gasteiger partial charge on any atom is -0.476 e. The first-order valence-electron chi connectivity index (χ1n) is 7.06. The Balaban J connectivity index is 1.67. The van der Waals surface area contributed by atoms with Crippen molar-refractivity contribution in [1.82, 2.24) is 26.1 Å². The van der Waals surface area contributed by atoms with Crippen molar-refractivity contribution >= 4 is 11.9 Å². The summed E-state index contributed by atoms with van der Waals surface area (Å²) in [6.45, 7) is 0. The molecule has 4 N–H and O–H groups in total. The first-order chi connectivity index (χ1) is 11.1. The molecule has 1 saturated heterocycles. The lowest BCUT2D eigenvalue weighted by Crippen LogP contribution is -2.44. The van der Waals surface area contributed by atoms with Gasteiger partial charge in [-0.05, 0) is 5.56 Å². The van der Waals surface area contributed by atoms with Crippen LogP contribution in [-0.2, 0) is 0 Å². The lowest BCUT2D eigenvalue weighted by Gasteiger charge is -2.12. The highest BCUT2D eigenvalue weighted by molar-refractivity contribution is 6.02. The number of aromatic carboxylic acids is 1. The fourth-order valence-electron chi connectivity index (χ4n) is 2.44. The number of carboxylic acid groups (broad SMARTS) is 1. The van der Waals surface area contributed by atoms with Crippen LogP contribution in [0.4, 0.5) is 0 Å². The molecule has 1 aromatic carbocycles. The Hall–Kier alpha value is -2.84. The largest absolute Gasteiger partial charge is 0.476 e. The van der Waals surface area contributed by atoms with Crippen LogP contribution in [0.5, 0.6) is 0 Å². The summed E-state index contributed by atoms with van der Waals surface area (Å²) in [5, 5.41) is 11.8. The van der Waals surface area contributed by atoms with Crippen molar-refractivity contribution in [3.8, 4) is 0 Å². The van der Waals surface area contributed by atoms with Gasteiger partial charge in [-0.1, -0.05) is 30.3 Å². The number of hydrazine groups is 1. The zero-order valence-corrected chi connectivity index (χ0v) is 12.1. The average molecular weight is 313 g/mol. The van der Waals surface area contributed by atoms with Gasteiger partial charge in [0, 0.05) is 24.9 Å². The Morgan fingerprint density at radius 3 is 2.48 bits per heavy atom. The molecular weight excluding hydrogens is 298 g/mol. The number of carbonyl (C=O) groups is 2. The van der Waals surface area contributed by atoms with Crippen molar-refractivity contribution in [1.29, 1.82) is 0 Å². The summed E-state index contributed by atoms with van der Waals surface area (Å²) in [7, 11) is 0. The Labute approximate surface area is 131 Å². The van der Waals surface area contributed by atoms with Gasteiger partial charge in [-0.25, -0.2) is 25.6 Å². The normalized spacial score (nSPS) is 20.2. The number of carbonyl (C=O) groups excluding carboxylic acids is 1. The Kier molecular flexibility index (Phi) is 4.26. The first-order valence-corrected chi connectivity index (χ1v) is 7.06. The van der Waals surface area contributed by atoms with E-state index in [1.54, 1.807) is 0 Å². The van der Waals surface area contributed by atoms with E-state index in [4.69, 9.17) is 5.11 Å². The molecule has 1 aliphatic heterocycles. The molecule has 1 fully saturated rings. The van der Waals surface area contributed by atoms with Crippen LogP contribution in [0.3, 0.4) is 0 Å². The Bertz CT molecular complexity index is 722. The Morgan fingerprint density at radius 1 is 1.09 bits per heavy atom. The molecule has 1 aromatic heterocycles. The van der Waals surface area contributed by atoms with E-state index in [-0.39, 0.29) is 23.6 Å². The van der Waals surface area contributed by atoms with Crippen LogP contribution in [0, 0.1) is 0 Å². The summed E-state index contributed by atoms with van der Waals surface area (Å²) < 4.78 is 0. The van der Waals surface area contributed by atoms with Crippen LogP contribution >= 0.6 is 0 Å². The van der Waals surface area contributed by atoms with Crippen LogP contribution < -0.4 is 16.2 Å². The molecule has 1 aliphatic rings. The summed E-state index contributed by atoms with van der Waals surface area (Å²) in [5.41, 5.74) is 6.61. The first kappa shape index (κ1) is 15.1. The molecule has 2 aromatic rings. The highest BCUT2D eigenvalue weighted by atomic mass is 16.4. The lowest BCUT2D eigenvalue weighted by molar-refractivity contribution is 0.0682. The van der Waals surface area contributed by atoms with E-state index >= 15 is 0 Å². The summed E-state index contributed by atoms with van der Waals surface area (Å²) in [5.74, 6) is -1.87. The number of aromatic nitrogens is 2. The second-order valence-electron chi connectivity index (χ2n) is 5.07. The molecule has 3 rings (SSSR count). The fourth-order valence-corrected chi connectivity index (χ4v) is 2.44. The smallest absolute Gasteiger partial charge is 0.356 e. The number of nitrogens with zero attached hydrogens (tertiary/aromatic N) is 2. The zero-order valence-electron chi connectivity index (χ0n) is 12.1. The van der Waals surface area contributed by atoms with Gasteiger partial charge in [-0.2, -0.15) is 0 Å². The van der Waals surface area contributed by atoms with Crippen molar-refractivity contribution < 1.29 is 14.7 Å². The highest BCUT2D eigenvalue weighted by Crippen LogP contribution is 2.20. The molecule has 23 heavy (non-hydrogen) atoms. The summed E-state index contributed by atoms with van der Waals surface area (Å²) in [6.07, 6.45) is 2.81. The molecule has 2 unspecified atom stereocenters. The van der Waals surface area contributed by atoms with E-state index < -0.39 is 11.9 Å². The molecule has 1 amide bonds. The summed E-state index contributed by atoms with van der Waals surface area (Å²) >= 11 is 0. The van der Waals surface area contributed by atoms with Crippen molar-refractivity contribution in [2.45, 2.75) is 18.6 Å². The lowest BCUT2D eigenvalue weighted by atomic mass is 10.0. The minimum atomic E-state index is -1.29. The van der Waals surface area contributed by atoms with Crippen LogP contribution in [-0.4, -0.2) is 33.1 Å². The van der Waals surface area contributed by atoms with Gasteiger partial charge < -0.3 is 10.4 Å². The third kappa shape index (κ3) is 3.33. The standard InChI is InChI=1S/C15H15N5O3/c21-14(12-13(15(22)23)17-7-6-16-12)18-11-8-10(19-20-11)9-4-2-1-3-5-9/h1-7,10-11,19-20H,8H2,(H,18,21)(H,22,23). The maximum Gasteiger partial charge on any atom is 0.356 e. The molecule has 0 aliphatic carbocycles. The predicted octanol–water partition coefficient (Wildman–Crippen LogP) is 0.470. The van der Waals surface area contributed by atoms with E-state index in [2.05, 4.69) is 26.1 Å². The number of rotatable bonds is 4. The maximum atomic E-state index is 12.2. The Morgan fingerprint density at radius 2 is 1.78 bits per heavy atom. The van der Waals surface area contributed by atoms with Gasteiger partial charge in [0.15, 0.2) is 11.4 Å². The second kappa shape index (κ2) is 6.51. The van der Waals surface area contributed by atoms with Crippen molar-refractivity contribution in [2.24, 2.45) is 0 Å². The van der Waals surface area contributed by atoms with Crippen molar-refractivity contribution in [3.05, 3.63) is 59.7 Å². The average Bonchev–Trinajstić information content (AvgIpc) is 3.04. The molecule has 8 nitrogen and oxygen atoms in total. The molecule has 118 valence electrons. The minimum absolute atomic E-state index is 0.0577. The fraction of sp³-hybridized carbons (Fsp3) is 0.200. The van der Waals surface area contributed by atoms with E-state index in [0.29, 0.717) is 6.42 Å². The monoisotopic (exact) mass is 313 g/mol. The number of hydrogen-bond acceptors (Lipinski definition) is 6. The van der Waals surface area contributed by atoms with Crippen LogP contribution in [0.25, 0.3) is 0 Å². The zero-order chi connectivity index (χ0) is 16.2. The molecular formula is C15H15N5O3. The number of nitrogens with one attached hydrogen (secondary N) is 3. The molecule has 0 saturated carbocycles.